The standard InChI is InChI=1S/C12H18N2OS/c1-8-13-10(7-16-8)6-14-5-9-3-4-11(14)12(9)15-2/h7,9,11-12H,3-6H2,1-2H3. The van der Waals surface area contributed by atoms with Crippen LogP contribution in [-0.4, -0.2) is 35.7 Å². The quantitative estimate of drug-likeness (QED) is 0.806. The number of thiazole rings is 1. The van der Waals surface area contributed by atoms with Crippen LogP contribution >= 0.6 is 11.3 Å². The maximum atomic E-state index is 5.61. The zero-order chi connectivity index (χ0) is 11.1. The van der Waals surface area contributed by atoms with E-state index < -0.39 is 0 Å². The number of hydrogen-bond acceptors (Lipinski definition) is 4. The van der Waals surface area contributed by atoms with Crippen LogP contribution in [0.1, 0.15) is 23.5 Å². The van der Waals surface area contributed by atoms with Gasteiger partial charge >= 0.3 is 0 Å². The number of ether oxygens (including phenoxy) is 1. The number of likely N-dealkylation sites (tertiary alicyclic amines) is 1. The summed E-state index contributed by atoms with van der Waals surface area (Å²) in [7, 11) is 1.85. The van der Waals surface area contributed by atoms with Crippen molar-refractivity contribution in [2.45, 2.75) is 38.5 Å². The highest BCUT2D eigenvalue weighted by Gasteiger charge is 2.46. The van der Waals surface area contributed by atoms with Crippen molar-refractivity contribution in [2.24, 2.45) is 5.92 Å². The maximum absolute atomic E-state index is 5.61. The molecule has 3 rings (SSSR count). The first-order valence-corrected chi connectivity index (χ1v) is 6.83. The molecule has 1 saturated heterocycles. The van der Waals surface area contributed by atoms with E-state index in [1.165, 1.54) is 30.1 Å². The van der Waals surface area contributed by atoms with Crippen molar-refractivity contribution < 1.29 is 4.74 Å². The van der Waals surface area contributed by atoms with Gasteiger partial charge in [-0.25, -0.2) is 4.98 Å². The second kappa shape index (κ2) is 4.09. The smallest absolute Gasteiger partial charge is 0.0897 e. The van der Waals surface area contributed by atoms with Crippen molar-refractivity contribution in [3.8, 4) is 0 Å². The Kier molecular flexibility index (Phi) is 2.73. The van der Waals surface area contributed by atoms with Crippen LogP contribution in [0, 0.1) is 12.8 Å². The number of fused-ring (bicyclic) bond motifs is 2. The second-order valence-electron chi connectivity index (χ2n) is 4.89. The molecule has 2 heterocycles. The van der Waals surface area contributed by atoms with Crippen molar-refractivity contribution in [1.82, 2.24) is 9.88 Å². The molecule has 3 atom stereocenters. The summed E-state index contributed by atoms with van der Waals surface area (Å²) in [5.41, 5.74) is 1.23. The molecular weight excluding hydrogens is 220 g/mol. The lowest BCUT2D eigenvalue weighted by Crippen LogP contribution is -2.34. The normalized spacial score (nSPS) is 33.8. The molecule has 0 spiro atoms. The van der Waals surface area contributed by atoms with E-state index in [0.717, 1.165) is 12.5 Å². The van der Waals surface area contributed by atoms with Gasteiger partial charge in [-0.3, -0.25) is 4.90 Å². The molecule has 0 N–H and O–H groups in total. The highest BCUT2D eigenvalue weighted by atomic mass is 32.1. The molecular formula is C12H18N2OS. The Morgan fingerprint density at radius 1 is 1.56 bits per heavy atom. The van der Waals surface area contributed by atoms with E-state index in [9.17, 15) is 0 Å². The summed E-state index contributed by atoms with van der Waals surface area (Å²) in [6.07, 6.45) is 3.11. The Balaban J connectivity index is 1.69. The summed E-state index contributed by atoms with van der Waals surface area (Å²) in [6.45, 7) is 4.27. The van der Waals surface area contributed by atoms with Gasteiger partial charge in [-0.05, 0) is 25.7 Å². The largest absolute Gasteiger partial charge is 0.379 e. The Bertz CT molecular complexity index is 379. The zero-order valence-corrected chi connectivity index (χ0v) is 10.7. The van der Waals surface area contributed by atoms with Crippen molar-refractivity contribution in [2.75, 3.05) is 13.7 Å². The number of rotatable bonds is 3. The van der Waals surface area contributed by atoms with Crippen molar-refractivity contribution in [3.63, 3.8) is 0 Å². The van der Waals surface area contributed by atoms with Gasteiger partial charge in [0.1, 0.15) is 0 Å². The summed E-state index contributed by atoms with van der Waals surface area (Å²) >= 11 is 1.75. The molecule has 2 bridgehead atoms. The summed E-state index contributed by atoms with van der Waals surface area (Å²) in [5, 5.41) is 3.35. The molecule has 0 aromatic carbocycles. The van der Waals surface area contributed by atoms with E-state index >= 15 is 0 Å². The molecule has 1 aliphatic carbocycles. The molecule has 1 aromatic rings. The van der Waals surface area contributed by atoms with E-state index in [0.29, 0.717) is 12.1 Å². The van der Waals surface area contributed by atoms with Gasteiger partial charge < -0.3 is 4.74 Å². The van der Waals surface area contributed by atoms with E-state index in [2.05, 4.69) is 22.2 Å². The van der Waals surface area contributed by atoms with Crippen LogP contribution in [0.3, 0.4) is 0 Å². The van der Waals surface area contributed by atoms with E-state index in [4.69, 9.17) is 4.74 Å². The highest BCUT2D eigenvalue weighted by Crippen LogP contribution is 2.40. The SMILES string of the molecule is COC1C2CCC1N(Cc1csc(C)n1)C2. The molecule has 88 valence electrons. The first-order chi connectivity index (χ1) is 7.78. The average Bonchev–Trinajstić information content (AvgIpc) is 2.92. The lowest BCUT2D eigenvalue weighted by atomic mass is 10.1. The van der Waals surface area contributed by atoms with Gasteiger partial charge in [0.2, 0.25) is 0 Å². The van der Waals surface area contributed by atoms with Gasteiger partial charge in [-0.15, -0.1) is 11.3 Å². The molecule has 4 heteroatoms. The minimum Gasteiger partial charge on any atom is -0.379 e. The molecule has 1 saturated carbocycles. The minimum atomic E-state index is 0.472. The summed E-state index contributed by atoms with van der Waals surface area (Å²) < 4.78 is 5.61. The molecule has 0 amide bonds. The third-order valence-electron chi connectivity index (χ3n) is 3.92. The van der Waals surface area contributed by atoms with Crippen LogP contribution in [0.25, 0.3) is 0 Å². The maximum Gasteiger partial charge on any atom is 0.0897 e. The Morgan fingerprint density at radius 2 is 2.44 bits per heavy atom. The van der Waals surface area contributed by atoms with Crippen molar-refractivity contribution in [1.29, 1.82) is 0 Å². The van der Waals surface area contributed by atoms with Gasteiger partial charge in [0.15, 0.2) is 0 Å². The summed E-state index contributed by atoms with van der Waals surface area (Å²) in [4.78, 5) is 7.10. The predicted molar refractivity (Wildman–Crippen MR) is 64.6 cm³/mol. The lowest BCUT2D eigenvalue weighted by Gasteiger charge is -2.25. The van der Waals surface area contributed by atoms with Crippen LogP contribution in [0.15, 0.2) is 5.38 Å². The summed E-state index contributed by atoms with van der Waals surface area (Å²) in [6, 6.07) is 0.636. The van der Waals surface area contributed by atoms with Crippen LogP contribution < -0.4 is 0 Å². The molecule has 1 aliphatic heterocycles. The number of methoxy groups -OCH3 is 1. The van der Waals surface area contributed by atoms with Gasteiger partial charge in [-0.1, -0.05) is 0 Å². The first kappa shape index (κ1) is 10.7. The fourth-order valence-corrected chi connectivity index (χ4v) is 3.87. The Morgan fingerprint density at radius 3 is 3.06 bits per heavy atom. The highest BCUT2D eigenvalue weighted by molar-refractivity contribution is 7.09. The first-order valence-electron chi connectivity index (χ1n) is 5.96. The summed E-state index contributed by atoms with van der Waals surface area (Å²) in [5.74, 6) is 0.759. The molecule has 3 nitrogen and oxygen atoms in total. The number of aromatic nitrogens is 1. The molecule has 0 radical (unpaired) electrons. The fourth-order valence-electron chi connectivity index (χ4n) is 3.27. The van der Waals surface area contributed by atoms with Gasteiger partial charge in [0.05, 0.1) is 16.8 Å². The lowest BCUT2D eigenvalue weighted by molar-refractivity contribution is 0.0679. The van der Waals surface area contributed by atoms with Crippen LogP contribution in [0.4, 0.5) is 0 Å². The molecule has 3 unspecified atom stereocenters. The number of nitrogens with zero attached hydrogens (tertiary/aromatic N) is 2. The molecule has 1 aromatic heterocycles. The number of piperidine rings is 1. The topological polar surface area (TPSA) is 25.4 Å². The van der Waals surface area contributed by atoms with Gasteiger partial charge in [0, 0.05) is 31.6 Å². The zero-order valence-electron chi connectivity index (χ0n) is 9.85. The number of aryl methyl sites for hydroxylation is 1. The molecule has 2 aliphatic rings. The fraction of sp³-hybridized carbons (Fsp3) is 0.750. The third-order valence-corrected chi connectivity index (χ3v) is 4.74. The Labute approximate surface area is 100 Å². The molecule has 2 fully saturated rings. The molecule has 16 heavy (non-hydrogen) atoms. The minimum absolute atomic E-state index is 0.472. The monoisotopic (exact) mass is 238 g/mol. The van der Waals surface area contributed by atoms with Crippen LogP contribution in [0.2, 0.25) is 0 Å². The second-order valence-corrected chi connectivity index (χ2v) is 5.95. The van der Waals surface area contributed by atoms with E-state index in [-0.39, 0.29) is 0 Å². The van der Waals surface area contributed by atoms with Gasteiger partial charge in [0.25, 0.3) is 0 Å². The average molecular weight is 238 g/mol. The predicted octanol–water partition coefficient (Wildman–Crippen LogP) is 2.06. The van der Waals surface area contributed by atoms with Crippen molar-refractivity contribution >= 4 is 11.3 Å². The third kappa shape index (κ3) is 1.69. The number of hydrogen-bond donors (Lipinski definition) is 0. The van der Waals surface area contributed by atoms with Gasteiger partial charge in [-0.2, -0.15) is 0 Å². The van der Waals surface area contributed by atoms with Crippen molar-refractivity contribution in [3.05, 3.63) is 16.1 Å². The van der Waals surface area contributed by atoms with Crippen LogP contribution in [0.5, 0.6) is 0 Å². The van der Waals surface area contributed by atoms with E-state index in [1.807, 2.05) is 7.11 Å². The Hall–Kier alpha value is -0.450. The van der Waals surface area contributed by atoms with E-state index in [1.54, 1.807) is 11.3 Å². The van der Waals surface area contributed by atoms with Crippen LogP contribution in [-0.2, 0) is 11.3 Å².